The number of nitrogen functional groups attached to an aromatic ring is 1. The largest absolute Gasteiger partial charge is 0.493 e. The van der Waals surface area contributed by atoms with E-state index in [9.17, 15) is 0 Å². The van der Waals surface area contributed by atoms with Crippen molar-refractivity contribution in [2.24, 2.45) is 0 Å². The molecule has 0 bridgehead atoms. The number of rotatable bonds is 4. The zero-order valence-corrected chi connectivity index (χ0v) is 11.1. The molecule has 1 aromatic carbocycles. The van der Waals surface area contributed by atoms with Crippen molar-refractivity contribution in [3.63, 3.8) is 0 Å². The first kappa shape index (κ1) is 13.2. The zero-order valence-electron chi connectivity index (χ0n) is 10.4. The maximum atomic E-state index is 5.73. The minimum Gasteiger partial charge on any atom is -0.493 e. The van der Waals surface area contributed by atoms with Gasteiger partial charge >= 0.3 is 0 Å². The summed E-state index contributed by atoms with van der Waals surface area (Å²) in [6.45, 7) is 0. The van der Waals surface area contributed by atoms with Gasteiger partial charge in [0.15, 0.2) is 11.5 Å². The second-order valence-corrected chi connectivity index (χ2v) is 3.83. The molecule has 2 N–H and O–H groups in total. The molecule has 100 valence electrons. The zero-order chi connectivity index (χ0) is 13.8. The van der Waals surface area contributed by atoms with E-state index < -0.39 is 0 Å². The van der Waals surface area contributed by atoms with Gasteiger partial charge < -0.3 is 19.9 Å². The monoisotopic (exact) mass is 281 g/mol. The Hall–Kier alpha value is -2.21. The van der Waals surface area contributed by atoms with Gasteiger partial charge in [-0.05, 0) is 23.7 Å². The Balaban J connectivity index is 2.45. The first-order valence-electron chi connectivity index (χ1n) is 5.32. The number of nitrogens with two attached hydrogens (primary N) is 1. The van der Waals surface area contributed by atoms with Crippen molar-refractivity contribution in [2.45, 2.75) is 0 Å². The minimum absolute atomic E-state index is 0.0399. The predicted octanol–water partition coefficient (Wildman–Crippen LogP) is 2.52. The molecule has 0 aliphatic heterocycles. The van der Waals surface area contributed by atoms with Gasteiger partial charge in [-0.25, -0.2) is 4.98 Å². The molecule has 6 nitrogen and oxygen atoms in total. The molecule has 0 aliphatic rings. The van der Waals surface area contributed by atoms with E-state index in [2.05, 4.69) is 9.97 Å². The summed E-state index contributed by atoms with van der Waals surface area (Å²) in [6.07, 6.45) is 1.37. The molecule has 0 atom stereocenters. The van der Waals surface area contributed by atoms with Gasteiger partial charge in [0.05, 0.1) is 20.4 Å². The molecule has 7 heteroatoms. The lowest BCUT2D eigenvalue weighted by atomic mass is 10.3. The molecule has 1 aromatic heterocycles. The molecule has 2 rings (SSSR count). The van der Waals surface area contributed by atoms with Crippen LogP contribution >= 0.6 is 11.6 Å². The normalized spacial score (nSPS) is 10.1. The quantitative estimate of drug-likeness (QED) is 0.868. The van der Waals surface area contributed by atoms with Gasteiger partial charge in [-0.1, -0.05) is 6.07 Å². The molecule has 0 unspecified atom stereocenters. The fraction of sp³-hybridized carbons (Fsp3) is 0.167. The van der Waals surface area contributed by atoms with E-state index in [0.29, 0.717) is 17.2 Å². The Morgan fingerprint density at radius 3 is 2.37 bits per heavy atom. The highest BCUT2D eigenvalue weighted by molar-refractivity contribution is 6.28. The van der Waals surface area contributed by atoms with E-state index in [1.165, 1.54) is 20.4 Å². The molecule has 0 amide bonds. The van der Waals surface area contributed by atoms with Crippen LogP contribution in [0.25, 0.3) is 0 Å². The van der Waals surface area contributed by atoms with Crippen LogP contribution in [0.15, 0.2) is 24.4 Å². The number of anilines is 1. The lowest BCUT2D eigenvalue weighted by molar-refractivity contribution is 0.342. The van der Waals surface area contributed by atoms with Crippen molar-refractivity contribution in [3.05, 3.63) is 29.7 Å². The van der Waals surface area contributed by atoms with Crippen LogP contribution in [0.3, 0.4) is 0 Å². The van der Waals surface area contributed by atoms with Crippen LogP contribution in [0, 0.1) is 0 Å². The SMILES string of the molecule is COc1cccc(OC)c1Oc1nc(Cl)ncc1N. The summed E-state index contributed by atoms with van der Waals surface area (Å²) in [5.74, 6) is 1.50. The molecule has 1 heterocycles. The first-order valence-corrected chi connectivity index (χ1v) is 5.70. The summed E-state index contributed by atoms with van der Waals surface area (Å²) in [6, 6.07) is 5.24. The van der Waals surface area contributed by atoms with Crippen molar-refractivity contribution >= 4 is 17.3 Å². The van der Waals surface area contributed by atoms with Gasteiger partial charge in [-0.2, -0.15) is 4.98 Å². The maximum Gasteiger partial charge on any atom is 0.247 e. The van der Waals surface area contributed by atoms with Crippen molar-refractivity contribution in [1.29, 1.82) is 0 Å². The molecule has 0 fully saturated rings. The lowest BCUT2D eigenvalue weighted by Gasteiger charge is -2.13. The third-order valence-electron chi connectivity index (χ3n) is 2.33. The van der Waals surface area contributed by atoms with Gasteiger partial charge in [-0.3, -0.25) is 0 Å². The van der Waals surface area contributed by atoms with Crippen molar-refractivity contribution in [3.8, 4) is 23.1 Å². The summed E-state index contributed by atoms with van der Waals surface area (Å²) in [4.78, 5) is 7.67. The van der Waals surface area contributed by atoms with Crippen LogP contribution in [-0.2, 0) is 0 Å². The van der Waals surface area contributed by atoms with E-state index >= 15 is 0 Å². The summed E-state index contributed by atoms with van der Waals surface area (Å²) in [7, 11) is 3.05. The molecule has 2 aromatic rings. The van der Waals surface area contributed by atoms with E-state index in [-0.39, 0.29) is 16.9 Å². The van der Waals surface area contributed by atoms with Gasteiger partial charge in [-0.15, -0.1) is 0 Å². The van der Waals surface area contributed by atoms with Crippen LogP contribution in [0.4, 0.5) is 5.69 Å². The first-order chi connectivity index (χ1) is 9.15. The van der Waals surface area contributed by atoms with E-state index in [1.54, 1.807) is 18.2 Å². The number of para-hydroxylation sites is 1. The van der Waals surface area contributed by atoms with Crippen LogP contribution in [-0.4, -0.2) is 24.2 Å². The number of hydrogen-bond acceptors (Lipinski definition) is 6. The Labute approximate surface area is 115 Å². The highest BCUT2D eigenvalue weighted by Crippen LogP contribution is 2.40. The molecule has 0 radical (unpaired) electrons. The molecule has 0 spiro atoms. The number of nitrogens with zero attached hydrogens (tertiary/aromatic N) is 2. The Bertz CT molecular complexity index is 570. The predicted molar refractivity (Wildman–Crippen MR) is 71.1 cm³/mol. The molecule has 0 aliphatic carbocycles. The standard InChI is InChI=1S/C12H12ClN3O3/c1-17-8-4-3-5-9(18-2)10(8)19-11-7(14)6-15-12(13)16-11/h3-6H,14H2,1-2H3. The van der Waals surface area contributed by atoms with E-state index in [1.807, 2.05) is 0 Å². The smallest absolute Gasteiger partial charge is 0.247 e. The molecule has 0 saturated heterocycles. The van der Waals surface area contributed by atoms with Crippen molar-refractivity contribution < 1.29 is 14.2 Å². The molecular weight excluding hydrogens is 270 g/mol. The fourth-order valence-corrected chi connectivity index (χ4v) is 1.58. The molecular formula is C12H12ClN3O3. The van der Waals surface area contributed by atoms with Gasteiger partial charge in [0.2, 0.25) is 16.9 Å². The van der Waals surface area contributed by atoms with Crippen LogP contribution in [0.2, 0.25) is 5.28 Å². The average Bonchev–Trinajstić information content (AvgIpc) is 2.43. The van der Waals surface area contributed by atoms with Gasteiger partial charge in [0, 0.05) is 0 Å². The topological polar surface area (TPSA) is 79.5 Å². The Morgan fingerprint density at radius 1 is 1.16 bits per heavy atom. The highest BCUT2D eigenvalue weighted by Gasteiger charge is 2.15. The number of benzene rings is 1. The van der Waals surface area contributed by atoms with Gasteiger partial charge in [0.1, 0.15) is 5.69 Å². The number of halogens is 1. The fourth-order valence-electron chi connectivity index (χ4n) is 1.45. The third-order valence-corrected chi connectivity index (χ3v) is 2.51. The minimum atomic E-state index is 0.0399. The van der Waals surface area contributed by atoms with Crippen LogP contribution in [0.5, 0.6) is 23.1 Å². The number of ether oxygens (including phenoxy) is 3. The van der Waals surface area contributed by atoms with E-state index in [4.69, 9.17) is 31.5 Å². The summed E-state index contributed by atoms with van der Waals surface area (Å²) < 4.78 is 16.0. The summed E-state index contributed by atoms with van der Waals surface area (Å²) in [5, 5.41) is 0.0399. The highest BCUT2D eigenvalue weighted by atomic mass is 35.5. The van der Waals surface area contributed by atoms with Crippen LogP contribution in [0.1, 0.15) is 0 Å². The second kappa shape index (κ2) is 5.62. The second-order valence-electron chi connectivity index (χ2n) is 3.49. The Morgan fingerprint density at radius 2 is 1.79 bits per heavy atom. The van der Waals surface area contributed by atoms with Gasteiger partial charge in [0.25, 0.3) is 0 Å². The molecule has 0 saturated carbocycles. The molecule has 19 heavy (non-hydrogen) atoms. The number of methoxy groups -OCH3 is 2. The van der Waals surface area contributed by atoms with Crippen molar-refractivity contribution in [1.82, 2.24) is 9.97 Å². The van der Waals surface area contributed by atoms with Crippen LogP contribution < -0.4 is 19.9 Å². The van der Waals surface area contributed by atoms with Crippen molar-refractivity contribution in [2.75, 3.05) is 20.0 Å². The lowest BCUT2D eigenvalue weighted by Crippen LogP contribution is -2.00. The number of hydrogen-bond donors (Lipinski definition) is 1. The van der Waals surface area contributed by atoms with E-state index in [0.717, 1.165) is 0 Å². The third kappa shape index (κ3) is 2.79. The number of aromatic nitrogens is 2. The summed E-state index contributed by atoms with van der Waals surface area (Å²) in [5.41, 5.74) is 5.99. The Kier molecular flexibility index (Phi) is 3.91. The maximum absolute atomic E-state index is 5.73. The summed E-state index contributed by atoms with van der Waals surface area (Å²) >= 11 is 5.71. The average molecular weight is 282 g/mol.